The molecule has 1 N–H and O–H groups in total. The molecule has 31 heavy (non-hydrogen) atoms. The number of urea groups is 1. The van der Waals surface area contributed by atoms with Crippen LogP contribution in [0.25, 0.3) is 0 Å². The van der Waals surface area contributed by atoms with Gasteiger partial charge >= 0.3 is 6.03 Å². The number of nitrogens with one attached hydrogen (secondary N) is 1. The van der Waals surface area contributed by atoms with Crippen LogP contribution in [0.3, 0.4) is 0 Å². The molecule has 0 radical (unpaired) electrons. The van der Waals surface area contributed by atoms with Crippen LogP contribution in [0.15, 0.2) is 72.8 Å². The van der Waals surface area contributed by atoms with Crippen molar-refractivity contribution >= 4 is 23.3 Å². The fraction of sp³-hybridized carbons (Fsp3) is 0.167. The van der Waals surface area contributed by atoms with Crippen LogP contribution in [-0.2, 0) is 6.54 Å². The van der Waals surface area contributed by atoms with Crippen LogP contribution >= 0.6 is 0 Å². The van der Waals surface area contributed by atoms with Crippen LogP contribution in [0.5, 0.6) is 0 Å². The fourth-order valence-corrected chi connectivity index (χ4v) is 3.57. The Bertz CT molecular complexity index is 1100. The zero-order valence-corrected chi connectivity index (χ0v) is 16.7. The molecular formula is C24H21F2N3O2. The van der Waals surface area contributed by atoms with E-state index in [0.29, 0.717) is 30.9 Å². The minimum atomic E-state index is -0.509. The maximum Gasteiger partial charge on any atom is 0.324 e. The third-order valence-corrected chi connectivity index (χ3v) is 5.14. The summed E-state index contributed by atoms with van der Waals surface area (Å²) in [4.78, 5) is 28.7. The van der Waals surface area contributed by atoms with Gasteiger partial charge in [-0.15, -0.1) is 0 Å². The summed E-state index contributed by atoms with van der Waals surface area (Å²) in [5.74, 6) is -1.28. The highest BCUT2D eigenvalue weighted by atomic mass is 19.1. The van der Waals surface area contributed by atoms with Crippen molar-refractivity contribution in [2.75, 3.05) is 23.3 Å². The van der Waals surface area contributed by atoms with E-state index in [1.54, 1.807) is 58.3 Å². The average Bonchev–Trinajstić information content (AvgIpc) is 2.77. The quantitative estimate of drug-likeness (QED) is 0.627. The van der Waals surface area contributed by atoms with Crippen molar-refractivity contribution in [1.82, 2.24) is 4.90 Å². The minimum absolute atomic E-state index is 0.107. The molecule has 1 fully saturated rings. The second-order valence-electron chi connectivity index (χ2n) is 7.32. The summed E-state index contributed by atoms with van der Waals surface area (Å²) in [7, 11) is 0. The van der Waals surface area contributed by atoms with Crippen molar-refractivity contribution in [1.29, 1.82) is 0 Å². The van der Waals surface area contributed by atoms with Gasteiger partial charge in [-0.3, -0.25) is 9.69 Å². The van der Waals surface area contributed by atoms with E-state index in [0.717, 1.165) is 12.0 Å². The van der Waals surface area contributed by atoms with Gasteiger partial charge in [0.2, 0.25) is 0 Å². The van der Waals surface area contributed by atoms with Gasteiger partial charge in [0.05, 0.1) is 5.69 Å². The molecular weight excluding hydrogens is 400 g/mol. The Kier molecular flexibility index (Phi) is 5.93. The average molecular weight is 421 g/mol. The smallest absolute Gasteiger partial charge is 0.320 e. The first-order chi connectivity index (χ1) is 15.0. The number of amides is 3. The molecule has 1 aliphatic heterocycles. The number of hydrogen-bond donors (Lipinski definition) is 1. The topological polar surface area (TPSA) is 52.7 Å². The summed E-state index contributed by atoms with van der Waals surface area (Å²) in [5, 5.41) is 2.54. The number of anilines is 2. The molecule has 1 heterocycles. The Morgan fingerprint density at radius 1 is 0.935 bits per heavy atom. The molecule has 158 valence electrons. The first kappa shape index (κ1) is 20.5. The summed E-state index contributed by atoms with van der Waals surface area (Å²) >= 11 is 0. The molecule has 0 aromatic heterocycles. The third kappa shape index (κ3) is 4.71. The summed E-state index contributed by atoms with van der Waals surface area (Å²) in [6.07, 6.45) is 0.774. The normalized spacial score (nSPS) is 13.9. The number of carbonyl (C=O) groups excluding carboxylic acids is 2. The minimum Gasteiger partial charge on any atom is -0.320 e. The number of nitrogens with zero attached hydrogens (tertiary/aromatic N) is 2. The van der Waals surface area contributed by atoms with Crippen molar-refractivity contribution in [3.05, 3.63) is 95.6 Å². The van der Waals surface area contributed by atoms with Crippen LogP contribution in [0.1, 0.15) is 22.3 Å². The van der Waals surface area contributed by atoms with E-state index in [1.165, 1.54) is 24.3 Å². The number of rotatable bonds is 5. The van der Waals surface area contributed by atoms with E-state index in [2.05, 4.69) is 5.32 Å². The molecule has 1 aliphatic rings. The molecule has 3 amide bonds. The van der Waals surface area contributed by atoms with E-state index in [1.807, 2.05) is 0 Å². The van der Waals surface area contributed by atoms with Crippen LogP contribution in [-0.4, -0.2) is 29.9 Å². The van der Waals surface area contributed by atoms with Crippen molar-refractivity contribution in [3.63, 3.8) is 0 Å². The molecule has 0 bridgehead atoms. The lowest BCUT2D eigenvalue weighted by Gasteiger charge is -2.35. The summed E-state index contributed by atoms with van der Waals surface area (Å²) in [5.41, 5.74) is 1.86. The van der Waals surface area contributed by atoms with Gasteiger partial charge in [-0.05, 0) is 60.5 Å². The Morgan fingerprint density at radius 2 is 1.71 bits per heavy atom. The number of carbonyl (C=O) groups is 2. The maximum absolute atomic E-state index is 13.7. The first-order valence-electron chi connectivity index (χ1n) is 9.98. The predicted molar refractivity (Wildman–Crippen MR) is 115 cm³/mol. The van der Waals surface area contributed by atoms with Crippen LogP contribution in [0.4, 0.5) is 25.0 Å². The molecule has 3 aromatic rings. The van der Waals surface area contributed by atoms with Crippen molar-refractivity contribution in [3.8, 4) is 0 Å². The van der Waals surface area contributed by atoms with Crippen molar-refractivity contribution in [2.45, 2.75) is 13.0 Å². The first-order valence-corrected chi connectivity index (χ1v) is 9.98. The molecule has 0 saturated carbocycles. The zero-order chi connectivity index (χ0) is 21.8. The maximum atomic E-state index is 13.7. The molecule has 5 nitrogen and oxygen atoms in total. The Morgan fingerprint density at radius 3 is 2.45 bits per heavy atom. The summed E-state index contributed by atoms with van der Waals surface area (Å²) < 4.78 is 27.2. The Hall–Kier alpha value is -3.74. The lowest BCUT2D eigenvalue weighted by molar-refractivity contribution is 0.102. The number of benzene rings is 3. The molecule has 0 spiro atoms. The molecule has 1 saturated heterocycles. The van der Waals surface area contributed by atoms with E-state index >= 15 is 0 Å². The largest absolute Gasteiger partial charge is 0.324 e. The highest BCUT2D eigenvalue weighted by Crippen LogP contribution is 2.23. The summed E-state index contributed by atoms with van der Waals surface area (Å²) in [6.45, 7) is 1.48. The predicted octanol–water partition coefficient (Wildman–Crippen LogP) is 5.05. The number of para-hydroxylation sites is 1. The number of hydrogen-bond acceptors (Lipinski definition) is 2. The third-order valence-electron chi connectivity index (χ3n) is 5.14. The van der Waals surface area contributed by atoms with E-state index in [-0.39, 0.29) is 17.5 Å². The Balaban J connectivity index is 1.44. The molecule has 0 atom stereocenters. The lowest BCUT2D eigenvalue weighted by Crippen LogP contribution is -2.49. The van der Waals surface area contributed by atoms with Gasteiger partial charge in [-0.25, -0.2) is 13.6 Å². The van der Waals surface area contributed by atoms with Gasteiger partial charge in [0, 0.05) is 30.9 Å². The fourth-order valence-electron chi connectivity index (χ4n) is 3.57. The molecule has 0 aliphatic carbocycles. The van der Waals surface area contributed by atoms with Crippen LogP contribution in [0.2, 0.25) is 0 Å². The molecule has 3 aromatic carbocycles. The van der Waals surface area contributed by atoms with Gasteiger partial charge in [-0.1, -0.05) is 24.3 Å². The lowest BCUT2D eigenvalue weighted by atomic mass is 10.1. The van der Waals surface area contributed by atoms with Gasteiger partial charge in [0.25, 0.3) is 5.91 Å². The van der Waals surface area contributed by atoms with E-state index < -0.39 is 11.7 Å². The number of halogens is 2. The molecule has 0 unspecified atom stereocenters. The van der Waals surface area contributed by atoms with E-state index in [9.17, 15) is 18.4 Å². The van der Waals surface area contributed by atoms with E-state index in [4.69, 9.17) is 0 Å². The van der Waals surface area contributed by atoms with Crippen LogP contribution < -0.4 is 10.2 Å². The highest BCUT2D eigenvalue weighted by molar-refractivity contribution is 6.04. The highest BCUT2D eigenvalue weighted by Gasteiger charge is 2.27. The van der Waals surface area contributed by atoms with Gasteiger partial charge in [0.1, 0.15) is 11.6 Å². The SMILES string of the molecule is O=C(Nc1ccccc1F)c1ccc(N2CCCN(Cc3cccc(F)c3)C2=O)cc1. The second-order valence-corrected chi connectivity index (χ2v) is 7.32. The van der Waals surface area contributed by atoms with Crippen molar-refractivity contribution in [2.24, 2.45) is 0 Å². The molecule has 7 heteroatoms. The Labute approximate surface area is 178 Å². The second kappa shape index (κ2) is 8.95. The molecule has 4 rings (SSSR count). The van der Waals surface area contributed by atoms with Crippen LogP contribution in [0, 0.1) is 11.6 Å². The summed E-state index contributed by atoms with van der Waals surface area (Å²) in [6, 6.07) is 18.6. The van der Waals surface area contributed by atoms with Gasteiger partial charge in [-0.2, -0.15) is 0 Å². The zero-order valence-electron chi connectivity index (χ0n) is 16.7. The standard InChI is InChI=1S/C24H21F2N3O2/c25-19-6-3-5-17(15-19)16-28-13-4-14-29(24(28)31)20-11-9-18(10-12-20)23(30)27-22-8-2-1-7-21(22)26/h1-3,5-12,15H,4,13-14,16H2,(H,27,30). The van der Waals surface area contributed by atoms with Gasteiger partial charge < -0.3 is 10.2 Å². The van der Waals surface area contributed by atoms with Crippen molar-refractivity contribution < 1.29 is 18.4 Å². The monoisotopic (exact) mass is 421 g/mol. The van der Waals surface area contributed by atoms with Gasteiger partial charge in [0.15, 0.2) is 0 Å².